The Morgan fingerprint density at radius 1 is 1.15 bits per heavy atom. The Morgan fingerprint density at radius 2 is 2.00 bits per heavy atom. The smallest absolute Gasteiger partial charge is 0.258 e. The average molecular weight is 286 g/mol. The number of aryl methyl sites for hydroxylation is 1. The summed E-state index contributed by atoms with van der Waals surface area (Å²) in [6.07, 6.45) is 0. The molecule has 0 bridgehead atoms. The molecule has 0 saturated heterocycles. The SMILES string of the molecule is Cc1ccc(N)cc1-c1nc(-c2cccc(Cl)c2)no1. The molecule has 4 nitrogen and oxygen atoms in total. The van der Waals surface area contributed by atoms with E-state index in [0.717, 1.165) is 16.7 Å². The Morgan fingerprint density at radius 3 is 2.80 bits per heavy atom. The van der Waals surface area contributed by atoms with Crippen molar-refractivity contribution in [2.75, 3.05) is 5.73 Å². The van der Waals surface area contributed by atoms with E-state index >= 15 is 0 Å². The maximum Gasteiger partial charge on any atom is 0.258 e. The zero-order valence-electron chi connectivity index (χ0n) is 10.8. The van der Waals surface area contributed by atoms with Crippen LogP contribution in [0, 0.1) is 6.92 Å². The van der Waals surface area contributed by atoms with Crippen LogP contribution in [0.3, 0.4) is 0 Å². The van der Waals surface area contributed by atoms with E-state index in [4.69, 9.17) is 21.9 Å². The van der Waals surface area contributed by atoms with Crippen LogP contribution in [0.2, 0.25) is 5.02 Å². The number of halogens is 1. The molecule has 3 rings (SSSR count). The number of anilines is 1. The number of rotatable bonds is 2. The Kier molecular flexibility index (Phi) is 3.16. The number of aromatic nitrogens is 2. The van der Waals surface area contributed by atoms with Crippen molar-refractivity contribution in [3.05, 3.63) is 53.1 Å². The lowest BCUT2D eigenvalue weighted by Crippen LogP contribution is -1.89. The van der Waals surface area contributed by atoms with Crippen molar-refractivity contribution in [2.45, 2.75) is 6.92 Å². The molecule has 100 valence electrons. The lowest BCUT2D eigenvalue weighted by atomic mass is 10.1. The van der Waals surface area contributed by atoms with E-state index in [0.29, 0.717) is 22.4 Å². The van der Waals surface area contributed by atoms with Gasteiger partial charge >= 0.3 is 0 Å². The summed E-state index contributed by atoms with van der Waals surface area (Å²) in [7, 11) is 0. The van der Waals surface area contributed by atoms with Crippen LogP contribution < -0.4 is 5.73 Å². The van der Waals surface area contributed by atoms with E-state index < -0.39 is 0 Å². The van der Waals surface area contributed by atoms with Crippen molar-refractivity contribution in [3.63, 3.8) is 0 Å². The number of nitrogens with two attached hydrogens (primary N) is 1. The van der Waals surface area contributed by atoms with Gasteiger partial charge in [0.1, 0.15) is 0 Å². The molecule has 0 radical (unpaired) electrons. The third-order valence-corrected chi connectivity index (χ3v) is 3.24. The van der Waals surface area contributed by atoms with Crippen LogP contribution in [-0.2, 0) is 0 Å². The molecule has 0 spiro atoms. The highest BCUT2D eigenvalue weighted by Crippen LogP contribution is 2.27. The van der Waals surface area contributed by atoms with Gasteiger partial charge < -0.3 is 10.3 Å². The summed E-state index contributed by atoms with van der Waals surface area (Å²) in [6, 6.07) is 12.9. The minimum absolute atomic E-state index is 0.449. The molecule has 1 heterocycles. The summed E-state index contributed by atoms with van der Waals surface area (Å²) in [5.74, 6) is 0.953. The lowest BCUT2D eigenvalue weighted by Gasteiger charge is -2.01. The quantitative estimate of drug-likeness (QED) is 0.724. The molecule has 2 N–H and O–H groups in total. The van der Waals surface area contributed by atoms with E-state index in [1.807, 2.05) is 37.3 Å². The van der Waals surface area contributed by atoms with Crippen molar-refractivity contribution < 1.29 is 4.52 Å². The highest BCUT2D eigenvalue weighted by molar-refractivity contribution is 6.30. The Balaban J connectivity index is 2.04. The van der Waals surface area contributed by atoms with E-state index in [1.165, 1.54) is 0 Å². The average Bonchev–Trinajstić information content (AvgIpc) is 2.91. The van der Waals surface area contributed by atoms with Gasteiger partial charge in [0.2, 0.25) is 5.82 Å². The van der Waals surface area contributed by atoms with Gasteiger partial charge in [0.15, 0.2) is 0 Å². The van der Waals surface area contributed by atoms with Crippen LogP contribution in [0.25, 0.3) is 22.8 Å². The Bertz CT molecular complexity index is 767. The fraction of sp³-hybridized carbons (Fsp3) is 0.0667. The first-order chi connectivity index (χ1) is 9.63. The molecule has 1 aromatic heterocycles. The fourth-order valence-corrected chi connectivity index (χ4v) is 2.14. The van der Waals surface area contributed by atoms with Crippen molar-refractivity contribution in [3.8, 4) is 22.8 Å². The summed E-state index contributed by atoms with van der Waals surface area (Å²) in [5.41, 5.74) is 9.14. The van der Waals surface area contributed by atoms with Crippen molar-refractivity contribution >= 4 is 17.3 Å². The first kappa shape index (κ1) is 12.7. The molecule has 0 fully saturated rings. The van der Waals surface area contributed by atoms with Gasteiger partial charge in [-0.3, -0.25) is 0 Å². The summed E-state index contributed by atoms with van der Waals surface area (Å²) in [6.45, 7) is 1.97. The molecule has 2 aromatic carbocycles. The number of nitrogen functional groups attached to an aromatic ring is 1. The normalized spacial score (nSPS) is 10.7. The van der Waals surface area contributed by atoms with E-state index in [2.05, 4.69) is 10.1 Å². The molecule has 5 heteroatoms. The van der Waals surface area contributed by atoms with Crippen molar-refractivity contribution in [1.82, 2.24) is 10.1 Å². The number of hydrogen-bond acceptors (Lipinski definition) is 4. The van der Waals surface area contributed by atoms with Crippen molar-refractivity contribution in [1.29, 1.82) is 0 Å². The minimum atomic E-state index is 0.449. The van der Waals surface area contributed by atoms with Gasteiger partial charge in [-0.05, 0) is 36.8 Å². The fourth-order valence-electron chi connectivity index (χ4n) is 1.95. The standard InChI is InChI=1S/C15H12ClN3O/c1-9-5-6-12(17)8-13(9)15-18-14(19-20-15)10-3-2-4-11(16)7-10/h2-8H,17H2,1H3. The second kappa shape index (κ2) is 4.98. The molecule has 0 aliphatic rings. The Labute approximate surface area is 121 Å². The topological polar surface area (TPSA) is 64.9 Å². The first-order valence-electron chi connectivity index (χ1n) is 6.09. The van der Waals surface area contributed by atoms with Crippen LogP contribution in [0.15, 0.2) is 47.0 Å². The summed E-state index contributed by atoms with van der Waals surface area (Å²) < 4.78 is 5.32. The number of nitrogens with zero attached hydrogens (tertiary/aromatic N) is 2. The van der Waals surface area contributed by atoms with Crippen LogP contribution in [0.5, 0.6) is 0 Å². The first-order valence-corrected chi connectivity index (χ1v) is 6.47. The predicted molar refractivity (Wildman–Crippen MR) is 79.3 cm³/mol. The Hall–Kier alpha value is -2.33. The number of hydrogen-bond donors (Lipinski definition) is 1. The summed E-state index contributed by atoms with van der Waals surface area (Å²) in [5, 5.41) is 4.62. The number of benzene rings is 2. The minimum Gasteiger partial charge on any atom is -0.399 e. The van der Waals surface area contributed by atoms with E-state index in [9.17, 15) is 0 Å². The van der Waals surface area contributed by atoms with Crippen LogP contribution in [0.1, 0.15) is 5.56 Å². The second-order valence-electron chi connectivity index (χ2n) is 4.51. The van der Waals surface area contributed by atoms with Crippen molar-refractivity contribution in [2.24, 2.45) is 0 Å². The molecule has 3 aromatic rings. The highest BCUT2D eigenvalue weighted by atomic mass is 35.5. The van der Waals surface area contributed by atoms with Gasteiger partial charge in [-0.2, -0.15) is 4.98 Å². The van der Waals surface area contributed by atoms with Gasteiger partial charge in [0.05, 0.1) is 0 Å². The van der Waals surface area contributed by atoms with Gasteiger partial charge in [-0.1, -0.05) is 35.0 Å². The van der Waals surface area contributed by atoms with Crippen LogP contribution >= 0.6 is 11.6 Å². The van der Waals surface area contributed by atoms with E-state index in [-0.39, 0.29) is 0 Å². The monoisotopic (exact) mass is 285 g/mol. The van der Waals surface area contributed by atoms with Gasteiger partial charge in [0.25, 0.3) is 5.89 Å². The zero-order valence-corrected chi connectivity index (χ0v) is 11.6. The molecular formula is C15H12ClN3O. The maximum atomic E-state index is 5.96. The van der Waals surface area contributed by atoms with Crippen LogP contribution in [-0.4, -0.2) is 10.1 Å². The summed E-state index contributed by atoms with van der Waals surface area (Å²) in [4.78, 5) is 4.40. The third-order valence-electron chi connectivity index (χ3n) is 3.00. The maximum absolute atomic E-state index is 5.96. The molecule has 0 saturated carbocycles. The van der Waals surface area contributed by atoms with Crippen LogP contribution in [0.4, 0.5) is 5.69 Å². The molecule has 20 heavy (non-hydrogen) atoms. The molecule has 0 amide bonds. The highest BCUT2D eigenvalue weighted by Gasteiger charge is 2.13. The molecule has 0 aliphatic heterocycles. The molecule has 0 atom stereocenters. The lowest BCUT2D eigenvalue weighted by molar-refractivity contribution is 0.432. The second-order valence-corrected chi connectivity index (χ2v) is 4.94. The molecule has 0 aliphatic carbocycles. The third kappa shape index (κ3) is 2.38. The predicted octanol–water partition coefficient (Wildman–Crippen LogP) is 3.95. The van der Waals surface area contributed by atoms with E-state index in [1.54, 1.807) is 12.1 Å². The van der Waals surface area contributed by atoms with Gasteiger partial charge in [-0.25, -0.2) is 0 Å². The van der Waals surface area contributed by atoms with Gasteiger partial charge in [0, 0.05) is 21.8 Å². The molecular weight excluding hydrogens is 274 g/mol. The molecule has 0 unspecified atom stereocenters. The zero-order chi connectivity index (χ0) is 14.1. The van der Waals surface area contributed by atoms with Gasteiger partial charge in [-0.15, -0.1) is 0 Å². The largest absolute Gasteiger partial charge is 0.399 e. The summed E-state index contributed by atoms with van der Waals surface area (Å²) >= 11 is 5.96.